The van der Waals surface area contributed by atoms with Crippen molar-refractivity contribution in [2.75, 3.05) is 24.9 Å². The molecule has 12 heteroatoms. The molecule has 0 aliphatic heterocycles. The van der Waals surface area contributed by atoms with Gasteiger partial charge in [0, 0.05) is 29.7 Å². The Labute approximate surface area is 163 Å². The molecule has 0 aliphatic carbocycles. The summed E-state index contributed by atoms with van der Waals surface area (Å²) in [6.07, 6.45) is -1.71. The second-order valence-corrected chi connectivity index (χ2v) is 5.61. The Morgan fingerprint density at radius 2 is 1.21 bits per heavy atom. The summed E-state index contributed by atoms with van der Waals surface area (Å²) in [5.74, 6) is 0. The minimum atomic E-state index is -0.795. The average molecular weight is 404 g/mol. The van der Waals surface area contributed by atoms with Gasteiger partial charge in [-0.3, -0.25) is 30.9 Å². The van der Waals surface area contributed by atoms with Crippen molar-refractivity contribution >= 4 is 34.9 Å². The summed E-state index contributed by atoms with van der Waals surface area (Å²) in [7, 11) is 2.30. The molecule has 0 saturated heterocycles. The number of nitro groups is 2. The van der Waals surface area contributed by atoms with Crippen LogP contribution in [-0.2, 0) is 15.9 Å². The minimum Gasteiger partial charge on any atom is -0.453 e. The van der Waals surface area contributed by atoms with Crippen LogP contribution in [0.15, 0.2) is 36.4 Å². The number of rotatable bonds is 6. The fraction of sp³-hybridized carbons (Fsp3) is 0.176. The van der Waals surface area contributed by atoms with Gasteiger partial charge in [0.1, 0.15) is 0 Å². The summed E-state index contributed by atoms with van der Waals surface area (Å²) in [5.41, 5.74) is 0.0122. The third-order valence-corrected chi connectivity index (χ3v) is 3.81. The number of hydrogen-bond donors (Lipinski definition) is 2. The van der Waals surface area contributed by atoms with E-state index in [4.69, 9.17) is 0 Å². The molecule has 0 heterocycles. The Kier molecular flexibility index (Phi) is 6.63. The van der Waals surface area contributed by atoms with Gasteiger partial charge in [-0.05, 0) is 24.3 Å². The van der Waals surface area contributed by atoms with E-state index in [0.29, 0.717) is 0 Å². The highest BCUT2D eigenvalue weighted by Gasteiger charge is 2.21. The quantitative estimate of drug-likeness (QED) is 0.546. The van der Waals surface area contributed by atoms with Gasteiger partial charge in [0.25, 0.3) is 11.4 Å². The van der Waals surface area contributed by atoms with E-state index >= 15 is 0 Å². The second kappa shape index (κ2) is 9.12. The predicted molar refractivity (Wildman–Crippen MR) is 101 cm³/mol. The van der Waals surface area contributed by atoms with E-state index in [0.717, 1.165) is 26.4 Å². The van der Waals surface area contributed by atoms with E-state index in [-0.39, 0.29) is 40.3 Å². The first-order valence-corrected chi connectivity index (χ1v) is 7.99. The van der Waals surface area contributed by atoms with Crippen LogP contribution in [0.3, 0.4) is 0 Å². The molecule has 29 heavy (non-hydrogen) atoms. The van der Waals surface area contributed by atoms with E-state index in [1.807, 2.05) is 0 Å². The van der Waals surface area contributed by atoms with Crippen LogP contribution in [0.2, 0.25) is 0 Å². The first-order chi connectivity index (χ1) is 13.7. The molecule has 0 spiro atoms. The first-order valence-electron chi connectivity index (χ1n) is 7.99. The molecule has 2 rings (SSSR count). The van der Waals surface area contributed by atoms with Crippen molar-refractivity contribution in [2.45, 2.75) is 6.42 Å². The van der Waals surface area contributed by atoms with Gasteiger partial charge >= 0.3 is 12.2 Å². The van der Waals surface area contributed by atoms with Crippen LogP contribution in [0.4, 0.5) is 32.3 Å². The Hall–Kier alpha value is -4.22. The summed E-state index contributed by atoms with van der Waals surface area (Å²) in [5, 5.41) is 27.5. The van der Waals surface area contributed by atoms with Gasteiger partial charge in [0.05, 0.1) is 35.4 Å². The third-order valence-electron chi connectivity index (χ3n) is 3.81. The lowest BCUT2D eigenvalue weighted by Gasteiger charge is -2.09. The van der Waals surface area contributed by atoms with Crippen molar-refractivity contribution in [3.63, 3.8) is 0 Å². The number of nitrogens with one attached hydrogen (secondary N) is 2. The molecule has 152 valence electrons. The fourth-order valence-electron chi connectivity index (χ4n) is 2.47. The van der Waals surface area contributed by atoms with E-state index in [9.17, 15) is 29.8 Å². The van der Waals surface area contributed by atoms with Crippen LogP contribution in [0.1, 0.15) is 11.1 Å². The zero-order valence-electron chi connectivity index (χ0n) is 15.3. The Balaban J connectivity index is 2.39. The van der Waals surface area contributed by atoms with Gasteiger partial charge in [-0.2, -0.15) is 0 Å². The fourth-order valence-corrected chi connectivity index (χ4v) is 2.47. The molecule has 0 fully saturated rings. The summed E-state index contributed by atoms with van der Waals surface area (Å²) in [6, 6.07) is 7.86. The normalized spacial score (nSPS) is 10.0. The zero-order valence-corrected chi connectivity index (χ0v) is 15.3. The molecule has 2 aromatic rings. The molecule has 2 aromatic carbocycles. The lowest BCUT2D eigenvalue weighted by Crippen LogP contribution is -2.12. The van der Waals surface area contributed by atoms with Crippen LogP contribution in [0, 0.1) is 20.2 Å². The summed E-state index contributed by atoms with van der Waals surface area (Å²) in [6.45, 7) is 0. The summed E-state index contributed by atoms with van der Waals surface area (Å²) >= 11 is 0. The number of methoxy groups -OCH3 is 2. The third kappa shape index (κ3) is 5.38. The van der Waals surface area contributed by atoms with E-state index < -0.39 is 22.0 Å². The molecule has 2 amide bonds. The Morgan fingerprint density at radius 3 is 1.52 bits per heavy atom. The van der Waals surface area contributed by atoms with Crippen LogP contribution in [0.5, 0.6) is 0 Å². The van der Waals surface area contributed by atoms with Crippen LogP contribution >= 0.6 is 0 Å². The maximum Gasteiger partial charge on any atom is 0.411 e. The van der Waals surface area contributed by atoms with Gasteiger partial charge in [0.2, 0.25) is 0 Å². The number of ether oxygens (including phenoxy) is 2. The summed E-state index contributed by atoms with van der Waals surface area (Å²) < 4.78 is 8.87. The van der Waals surface area contributed by atoms with E-state index in [1.165, 1.54) is 24.3 Å². The van der Waals surface area contributed by atoms with Crippen molar-refractivity contribution in [1.82, 2.24) is 0 Å². The standard InChI is InChI=1S/C17H16N4O8/c1-28-16(22)18-12-5-3-10(14(8-12)20(24)25)7-11-4-6-13(19-17(23)29-2)9-15(11)21(26)27/h3-6,8-9H,7H2,1-2H3,(H,18,22)(H,19,23). The number of benzene rings is 2. The van der Waals surface area contributed by atoms with Crippen LogP contribution in [-0.4, -0.2) is 36.3 Å². The number of hydrogen-bond acceptors (Lipinski definition) is 8. The molecule has 0 bridgehead atoms. The number of amides is 2. The molecule has 0 radical (unpaired) electrons. The lowest BCUT2D eigenvalue weighted by molar-refractivity contribution is -0.386. The Morgan fingerprint density at radius 1 is 0.828 bits per heavy atom. The van der Waals surface area contributed by atoms with Crippen molar-refractivity contribution < 1.29 is 28.9 Å². The largest absolute Gasteiger partial charge is 0.453 e. The van der Waals surface area contributed by atoms with Crippen LogP contribution < -0.4 is 10.6 Å². The molecule has 12 nitrogen and oxygen atoms in total. The van der Waals surface area contributed by atoms with Crippen LogP contribution in [0.25, 0.3) is 0 Å². The molecule has 0 atom stereocenters. The van der Waals surface area contributed by atoms with Crippen molar-refractivity contribution in [2.24, 2.45) is 0 Å². The molecule has 0 aromatic heterocycles. The van der Waals surface area contributed by atoms with Crippen molar-refractivity contribution in [3.8, 4) is 0 Å². The highest BCUT2D eigenvalue weighted by Crippen LogP contribution is 2.30. The van der Waals surface area contributed by atoms with Gasteiger partial charge in [-0.25, -0.2) is 9.59 Å². The number of nitrogens with zero attached hydrogens (tertiary/aromatic N) is 2. The van der Waals surface area contributed by atoms with Gasteiger partial charge in [-0.1, -0.05) is 0 Å². The van der Waals surface area contributed by atoms with Crippen molar-refractivity contribution in [1.29, 1.82) is 0 Å². The molecule has 0 saturated carbocycles. The maximum absolute atomic E-state index is 11.4. The highest BCUT2D eigenvalue weighted by molar-refractivity contribution is 5.86. The topological polar surface area (TPSA) is 163 Å². The highest BCUT2D eigenvalue weighted by atomic mass is 16.6. The van der Waals surface area contributed by atoms with Crippen molar-refractivity contribution in [3.05, 3.63) is 67.8 Å². The molecular formula is C17H16N4O8. The number of carbonyl (C=O) groups excluding carboxylic acids is 2. The number of anilines is 2. The summed E-state index contributed by atoms with van der Waals surface area (Å²) in [4.78, 5) is 44.1. The predicted octanol–water partition coefficient (Wildman–Crippen LogP) is 3.45. The SMILES string of the molecule is COC(=O)Nc1ccc(Cc2ccc(NC(=O)OC)cc2[N+](=O)[O-])c([N+](=O)[O-])c1. The van der Waals surface area contributed by atoms with E-state index in [1.54, 1.807) is 0 Å². The average Bonchev–Trinajstić information content (AvgIpc) is 2.69. The van der Waals surface area contributed by atoms with Gasteiger partial charge in [0.15, 0.2) is 0 Å². The lowest BCUT2D eigenvalue weighted by atomic mass is 10.0. The first kappa shape index (κ1) is 21.1. The zero-order chi connectivity index (χ0) is 21.6. The molecule has 0 unspecified atom stereocenters. The van der Waals surface area contributed by atoms with Gasteiger partial charge < -0.3 is 9.47 Å². The number of nitro benzene ring substituents is 2. The maximum atomic E-state index is 11.4. The molecule has 0 aliphatic rings. The Bertz CT molecular complexity index is 898. The minimum absolute atomic E-state index is 0.121. The van der Waals surface area contributed by atoms with Gasteiger partial charge in [-0.15, -0.1) is 0 Å². The van der Waals surface area contributed by atoms with E-state index in [2.05, 4.69) is 20.1 Å². The molecule has 2 N–H and O–H groups in total. The molecular weight excluding hydrogens is 388 g/mol. The number of carbonyl (C=O) groups is 2. The second-order valence-electron chi connectivity index (χ2n) is 5.61. The monoisotopic (exact) mass is 404 g/mol. The smallest absolute Gasteiger partial charge is 0.411 e.